The van der Waals surface area contributed by atoms with Crippen LogP contribution >= 0.6 is 0 Å². The largest absolute Gasteiger partial charge is 0.388 e. The van der Waals surface area contributed by atoms with Crippen molar-refractivity contribution in [2.45, 2.75) is 30.8 Å². The molecule has 2 aromatic carbocycles. The number of aliphatic hydroxyl groups is 1. The molecule has 0 radical (unpaired) electrons. The van der Waals surface area contributed by atoms with Gasteiger partial charge in [-0.1, -0.05) is 53.9 Å². The zero-order valence-corrected chi connectivity index (χ0v) is 14.6. The first-order valence-corrected chi connectivity index (χ1v) is 9.12. The first-order valence-electron chi connectivity index (χ1n) is 7.68. The Labute approximate surface area is 143 Å². The molecule has 0 heterocycles. The fourth-order valence-corrected chi connectivity index (χ4v) is 3.13. The van der Waals surface area contributed by atoms with E-state index in [0.29, 0.717) is 12.8 Å². The predicted octanol–water partition coefficient (Wildman–Crippen LogP) is 3.09. The van der Waals surface area contributed by atoms with Gasteiger partial charge in [0.25, 0.3) is 10.0 Å². The van der Waals surface area contributed by atoms with Crippen LogP contribution in [0, 0.1) is 18.9 Å². The lowest BCUT2D eigenvalue weighted by atomic mass is 10.1. The molecule has 0 saturated carbocycles. The first kappa shape index (κ1) is 18.1. The molecule has 1 unspecified atom stereocenters. The Morgan fingerprint density at radius 2 is 1.71 bits per heavy atom. The van der Waals surface area contributed by atoms with Gasteiger partial charge in [0.15, 0.2) is 0 Å². The lowest BCUT2D eigenvalue weighted by Crippen LogP contribution is -2.22. The van der Waals surface area contributed by atoms with Gasteiger partial charge in [0.05, 0.1) is 11.0 Å². The summed E-state index contributed by atoms with van der Waals surface area (Å²) in [5, 5.41) is 10.0. The summed E-state index contributed by atoms with van der Waals surface area (Å²) >= 11 is 0. The van der Waals surface area contributed by atoms with Gasteiger partial charge in [0, 0.05) is 19.5 Å². The molecule has 0 aliphatic heterocycles. The van der Waals surface area contributed by atoms with Crippen molar-refractivity contribution in [1.82, 2.24) is 4.31 Å². The van der Waals surface area contributed by atoms with Gasteiger partial charge in [0.1, 0.15) is 0 Å². The summed E-state index contributed by atoms with van der Waals surface area (Å²) < 4.78 is 25.8. The van der Waals surface area contributed by atoms with E-state index in [2.05, 4.69) is 12.0 Å². The van der Waals surface area contributed by atoms with Crippen LogP contribution in [0.4, 0.5) is 0 Å². The summed E-state index contributed by atoms with van der Waals surface area (Å²) in [6.45, 7) is 1.90. The molecule has 0 aromatic heterocycles. The van der Waals surface area contributed by atoms with E-state index in [9.17, 15) is 13.5 Å². The Bertz CT molecular complexity index is 818. The van der Waals surface area contributed by atoms with Gasteiger partial charge in [-0.05, 0) is 31.0 Å². The molecule has 126 valence electrons. The highest BCUT2D eigenvalue weighted by atomic mass is 32.2. The van der Waals surface area contributed by atoms with Crippen LogP contribution in [0.5, 0.6) is 0 Å². The van der Waals surface area contributed by atoms with E-state index in [4.69, 9.17) is 0 Å². The molecular weight excluding hydrogens is 322 g/mol. The first-order chi connectivity index (χ1) is 11.4. The quantitative estimate of drug-likeness (QED) is 0.670. The fraction of sp³-hybridized carbons (Fsp3) is 0.263. The van der Waals surface area contributed by atoms with E-state index < -0.39 is 16.1 Å². The van der Waals surface area contributed by atoms with Gasteiger partial charge in [-0.3, -0.25) is 0 Å². The zero-order chi connectivity index (χ0) is 17.6. The van der Waals surface area contributed by atoms with E-state index in [1.165, 1.54) is 7.05 Å². The highest BCUT2D eigenvalue weighted by Gasteiger charge is 2.17. The van der Waals surface area contributed by atoms with Crippen LogP contribution in [0.15, 0.2) is 59.5 Å². The second kappa shape index (κ2) is 8.00. The summed E-state index contributed by atoms with van der Waals surface area (Å²) in [4.78, 5) is 0.217. The maximum Gasteiger partial charge on any atom is 0.270 e. The second-order valence-electron chi connectivity index (χ2n) is 5.54. The monoisotopic (exact) mass is 343 g/mol. The minimum Gasteiger partial charge on any atom is -0.388 e. The third-order valence-electron chi connectivity index (χ3n) is 3.64. The lowest BCUT2D eigenvalue weighted by molar-refractivity contribution is 0.169. The number of hydrogen-bond acceptors (Lipinski definition) is 3. The Hall–Kier alpha value is -2.29. The molecule has 0 amide bonds. The third kappa shape index (κ3) is 4.60. The number of aryl methyl sites for hydroxylation is 1. The molecule has 2 rings (SSSR count). The maximum absolute atomic E-state index is 12.4. The van der Waals surface area contributed by atoms with Crippen LogP contribution in [-0.2, 0) is 10.0 Å². The number of hydrogen-bond donors (Lipinski definition) is 1. The van der Waals surface area contributed by atoms with Crippen LogP contribution in [0.2, 0.25) is 0 Å². The molecular formula is C19H21NO3S. The Morgan fingerprint density at radius 1 is 1.08 bits per heavy atom. The Balaban J connectivity index is 1.96. The average molecular weight is 343 g/mol. The molecule has 1 atom stereocenters. The van der Waals surface area contributed by atoms with Crippen LogP contribution < -0.4 is 0 Å². The summed E-state index contributed by atoms with van der Waals surface area (Å²) in [7, 11) is -2.18. The molecule has 2 aromatic rings. The van der Waals surface area contributed by atoms with Crippen molar-refractivity contribution < 1.29 is 13.5 Å². The molecule has 0 spiro atoms. The number of rotatable bonds is 5. The summed E-state index contributed by atoms with van der Waals surface area (Å²) in [6.07, 6.45) is 0.263. The van der Waals surface area contributed by atoms with E-state index >= 15 is 0 Å². The van der Waals surface area contributed by atoms with Gasteiger partial charge in [0.2, 0.25) is 0 Å². The number of nitrogens with zero attached hydrogens (tertiary/aromatic N) is 1. The van der Waals surface area contributed by atoms with Crippen LogP contribution in [0.25, 0.3) is 0 Å². The molecule has 24 heavy (non-hydrogen) atoms. The molecule has 0 fully saturated rings. The smallest absolute Gasteiger partial charge is 0.270 e. The van der Waals surface area contributed by atoms with Crippen LogP contribution in [0.3, 0.4) is 0 Å². The van der Waals surface area contributed by atoms with E-state index in [1.54, 1.807) is 24.3 Å². The van der Waals surface area contributed by atoms with E-state index in [-0.39, 0.29) is 4.90 Å². The number of sulfonamides is 1. The number of aliphatic hydroxyl groups excluding tert-OH is 1. The minimum atomic E-state index is -3.61. The van der Waals surface area contributed by atoms with Crippen molar-refractivity contribution in [3.05, 3.63) is 65.7 Å². The second-order valence-corrected chi connectivity index (χ2v) is 7.51. The Morgan fingerprint density at radius 3 is 2.33 bits per heavy atom. The van der Waals surface area contributed by atoms with E-state index in [0.717, 1.165) is 15.4 Å². The molecule has 4 nitrogen and oxygen atoms in total. The zero-order valence-electron chi connectivity index (χ0n) is 13.8. The summed E-state index contributed by atoms with van der Waals surface area (Å²) in [6, 6.07) is 18.6. The van der Waals surface area contributed by atoms with Gasteiger partial charge < -0.3 is 5.11 Å². The summed E-state index contributed by atoms with van der Waals surface area (Å²) in [5.74, 6) is 2.81. The van der Waals surface area contributed by atoms with Crippen molar-refractivity contribution in [2.75, 3.05) is 7.05 Å². The van der Waals surface area contributed by atoms with Gasteiger partial charge in [-0.25, -0.2) is 12.7 Å². The van der Waals surface area contributed by atoms with E-state index in [1.807, 2.05) is 37.3 Å². The molecule has 0 bridgehead atoms. The minimum absolute atomic E-state index is 0.217. The number of benzene rings is 2. The fourth-order valence-electron chi connectivity index (χ4n) is 2.15. The lowest BCUT2D eigenvalue weighted by Gasteiger charge is -2.12. The van der Waals surface area contributed by atoms with Gasteiger partial charge in [-0.2, -0.15) is 0 Å². The summed E-state index contributed by atoms with van der Waals surface area (Å²) in [5.41, 5.74) is 1.83. The molecule has 0 saturated heterocycles. The molecule has 0 aliphatic rings. The SMILES string of the molecule is Cc1ccc(S(=O)(=O)N(C)C#CCCC(O)c2ccccc2)cc1. The van der Waals surface area contributed by atoms with Gasteiger partial charge in [-0.15, -0.1) is 0 Å². The van der Waals surface area contributed by atoms with Crippen molar-refractivity contribution >= 4 is 10.0 Å². The third-order valence-corrected chi connectivity index (χ3v) is 5.32. The van der Waals surface area contributed by atoms with Crippen molar-refractivity contribution in [3.63, 3.8) is 0 Å². The highest BCUT2D eigenvalue weighted by Crippen LogP contribution is 2.17. The van der Waals surface area contributed by atoms with Crippen molar-refractivity contribution in [1.29, 1.82) is 0 Å². The van der Waals surface area contributed by atoms with Crippen molar-refractivity contribution in [2.24, 2.45) is 0 Å². The standard InChI is InChI=1S/C19H21NO3S/c1-16-11-13-18(14-12-16)24(22,23)20(2)15-7-6-10-19(21)17-8-4-3-5-9-17/h3-5,8-9,11-14,19,21H,6,10H2,1-2H3. The van der Waals surface area contributed by atoms with Crippen LogP contribution in [0.1, 0.15) is 30.1 Å². The Kier molecular flexibility index (Phi) is 6.02. The normalized spacial score (nSPS) is 12.1. The average Bonchev–Trinajstić information content (AvgIpc) is 2.59. The predicted molar refractivity (Wildman–Crippen MR) is 94.5 cm³/mol. The highest BCUT2D eigenvalue weighted by molar-refractivity contribution is 7.89. The molecule has 5 heteroatoms. The van der Waals surface area contributed by atoms with Gasteiger partial charge >= 0.3 is 0 Å². The van der Waals surface area contributed by atoms with Crippen LogP contribution in [-0.4, -0.2) is 24.9 Å². The maximum atomic E-state index is 12.4. The molecule has 1 N–H and O–H groups in total. The van der Waals surface area contributed by atoms with Crippen molar-refractivity contribution in [3.8, 4) is 12.0 Å². The molecule has 0 aliphatic carbocycles. The topological polar surface area (TPSA) is 57.6 Å².